The van der Waals surface area contributed by atoms with Crippen molar-refractivity contribution in [1.82, 2.24) is 4.90 Å². The fourth-order valence-corrected chi connectivity index (χ4v) is 3.70. The number of benzene rings is 2. The van der Waals surface area contributed by atoms with Gasteiger partial charge in [0.15, 0.2) is 0 Å². The summed E-state index contributed by atoms with van der Waals surface area (Å²) in [5, 5.41) is 1.19. The smallest absolute Gasteiger partial charge is 0.253 e. The van der Waals surface area contributed by atoms with Gasteiger partial charge >= 0.3 is 0 Å². The van der Waals surface area contributed by atoms with Crippen LogP contribution in [0.1, 0.15) is 34.1 Å². The van der Waals surface area contributed by atoms with Crippen molar-refractivity contribution >= 4 is 32.1 Å². The molecule has 1 heterocycles. The van der Waals surface area contributed by atoms with Gasteiger partial charge in [-0.2, -0.15) is 0 Å². The highest BCUT2D eigenvalue weighted by Gasteiger charge is 2.28. The number of carbonyl (C=O) groups is 1. The van der Waals surface area contributed by atoms with Crippen molar-refractivity contribution in [2.75, 3.05) is 13.1 Å². The lowest BCUT2D eigenvalue weighted by Gasteiger charge is -2.34. The van der Waals surface area contributed by atoms with Crippen molar-refractivity contribution in [1.29, 1.82) is 0 Å². The zero-order valence-electron chi connectivity index (χ0n) is 13.0. The highest BCUT2D eigenvalue weighted by molar-refractivity contribution is 7.27. The van der Waals surface area contributed by atoms with Gasteiger partial charge in [0.25, 0.3) is 5.91 Å². The van der Waals surface area contributed by atoms with Crippen molar-refractivity contribution in [3.8, 4) is 0 Å². The van der Waals surface area contributed by atoms with Crippen molar-refractivity contribution in [3.05, 3.63) is 65.7 Å². The molecule has 0 aliphatic carbocycles. The van der Waals surface area contributed by atoms with Gasteiger partial charge in [-0.1, -0.05) is 42.5 Å². The van der Waals surface area contributed by atoms with E-state index < -0.39 is 0 Å². The second-order valence-electron chi connectivity index (χ2n) is 6.06. The minimum Gasteiger partial charge on any atom is -0.339 e. The number of rotatable bonds is 3. The van der Waals surface area contributed by atoms with Crippen LogP contribution < -0.4 is 5.30 Å². The van der Waals surface area contributed by atoms with Gasteiger partial charge in [0.2, 0.25) is 0 Å². The van der Waals surface area contributed by atoms with E-state index in [0.29, 0.717) is 5.92 Å². The van der Waals surface area contributed by atoms with Gasteiger partial charge in [0, 0.05) is 18.7 Å². The minimum atomic E-state index is 0.0228. The van der Waals surface area contributed by atoms with E-state index in [0.717, 1.165) is 31.5 Å². The predicted molar refractivity (Wildman–Crippen MR) is 99.4 cm³/mol. The number of halogens is 1. The summed E-state index contributed by atoms with van der Waals surface area (Å²) in [7, 11) is 2.69. The van der Waals surface area contributed by atoms with E-state index in [1.165, 1.54) is 10.9 Å². The van der Waals surface area contributed by atoms with Crippen LogP contribution in [0.25, 0.3) is 0 Å². The van der Waals surface area contributed by atoms with E-state index in [1.807, 2.05) is 35.2 Å². The third-order valence-corrected chi connectivity index (χ3v) is 5.51. The summed E-state index contributed by atoms with van der Waals surface area (Å²) in [5.74, 6) is 0.550. The number of carbonyl (C=O) groups excluding carboxylic acids is 1. The molecule has 0 N–H and O–H groups in total. The molecule has 0 aromatic heterocycles. The van der Waals surface area contributed by atoms with Gasteiger partial charge in [-0.3, -0.25) is 4.79 Å². The normalized spacial score (nSPS) is 17.0. The number of piperidine rings is 1. The molecule has 0 spiro atoms. The molecule has 2 unspecified atom stereocenters. The molecule has 0 radical (unpaired) electrons. The summed E-state index contributed by atoms with van der Waals surface area (Å²) in [6, 6.07) is 17.8. The molecule has 1 fully saturated rings. The average Bonchev–Trinajstić information content (AvgIpc) is 2.62. The quantitative estimate of drug-likeness (QED) is 0.608. The number of likely N-dealkylation sites (tertiary alicyclic amines) is 1. The Bertz CT molecular complexity index is 651. The molecule has 1 amide bonds. The Balaban J connectivity index is 1.60. The molecule has 0 bridgehead atoms. The summed E-state index contributed by atoms with van der Waals surface area (Å²) in [4.78, 5) is 14.4. The van der Waals surface area contributed by atoms with Crippen LogP contribution in [-0.4, -0.2) is 23.9 Å². The lowest BCUT2D eigenvalue weighted by atomic mass is 9.89. The standard InChI is InChI=1S/C19H21ClNOP/c20-18(14-6-8-17(23)9-7-14)15-10-12-21(13-11-15)19(22)16-4-2-1-3-5-16/h1-9,15,18H,10-13,23H2. The zero-order valence-corrected chi connectivity index (χ0v) is 14.9. The molecule has 1 aliphatic heterocycles. The zero-order chi connectivity index (χ0) is 16.2. The van der Waals surface area contributed by atoms with Crippen LogP contribution in [0.2, 0.25) is 0 Å². The fourth-order valence-electron chi connectivity index (χ4n) is 3.11. The maximum absolute atomic E-state index is 12.5. The van der Waals surface area contributed by atoms with Gasteiger partial charge in [0.05, 0.1) is 5.38 Å². The van der Waals surface area contributed by atoms with Crippen molar-refractivity contribution in [3.63, 3.8) is 0 Å². The number of hydrogen-bond donors (Lipinski definition) is 0. The van der Waals surface area contributed by atoms with Crippen LogP contribution in [0.15, 0.2) is 54.6 Å². The Labute approximate surface area is 145 Å². The SMILES string of the molecule is O=C(c1ccccc1)N1CCC(C(Cl)c2ccc(P)cc2)CC1. The monoisotopic (exact) mass is 345 g/mol. The van der Waals surface area contributed by atoms with Gasteiger partial charge in [-0.25, -0.2) is 0 Å². The van der Waals surface area contributed by atoms with Crippen LogP contribution in [0.3, 0.4) is 0 Å². The van der Waals surface area contributed by atoms with Crippen molar-refractivity contribution in [2.45, 2.75) is 18.2 Å². The molecular weight excluding hydrogens is 325 g/mol. The highest BCUT2D eigenvalue weighted by Crippen LogP contribution is 2.35. The van der Waals surface area contributed by atoms with Crippen molar-refractivity contribution in [2.24, 2.45) is 5.92 Å². The van der Waals surface area contributed by atoms with E-state index in [9.17, 15) is 4.79 Å². The summed E-state index contributed by atoms with van der Waals surface area (Å²) >= 11 is 6.67. The average molecular weight is 346 g/mol. The molecule has 1 aliphatic rings. The van der Waals surface area contributed by atoms with E-state index >= 15 is 0 Å². The molecule has 0 saturated carbocycles. The van der Waals surface area contributed by atoms with Gasteiger partial charge in [0.1, 0.15) is 0 Å². The first-order valence-corrected chi connectivity index (χ1v) is 9.00. The van der Waals surface area contributed by atoms with Crippen LogP contribution in [-0.2, 0) is 0 Å². The van der Waals surface area contributed by atoms with Gasteiger partial charge < -0.3 is 4.90 Å². The second kappa shape index (κ2) is 7.47. The first-order valence-electron chi connectivity index (χ1n) is 7.99. The Hall–Kier alpha value is -1.37. The third kappa shape index (κ3) is 3.94. The lowest BCUT2D eigenvalue weighted by Crippen LogP contribution is -2.39. The minimum absolute atomic E-state index is 0.0228. The molecule has 2 aromatic carbocycles. The predicted octanol–water partition coefficient (Wildman–Crippen LogP) is 4.02. The second-order valence-corrected chi connectivity index (χ2v) is 7.20. The molecule has 3 rings (SSSR count). The Morgan fingerprint density at radius 3 is 2.26 bits per heavy atom. The Morgan fingerprint density at radius 2 is 1.65 bits per heavy atom. The van der Waals surface area contributed by atoms with E-state index in [2.05, 4.69) is 33.5 Å². The van der Waals surface area contributed by atoms with Crippen molar-refractivity contribution < 1.29 is 4.79 Å². The van der Waals surface area contributed by atoms with E-state index in [4.69, 9.17) is 11.6 Å². The maximum Gasteiger partial charge on any atom is 0.253 e. The number of amides is 1. The van der Waals surface area contributed by atoms with Crippen LogP contribution >= 0.6 is 20.8 Å². The molecule has 23 heavy (non-hydrogen) atoms. The number of alkyl halides is 1. The van der Waals surface area contributed by atoms with Crippen LogP contribution in [0.4, 0.5) is 0 Å². The third-order valence-electron chi connectivity index (χ3n) is 4.52. The lowest BCUT2D eigenvalue weighted by molar-refractivity contribution is 0.0688. The van der Waals surface area contributed by atoms with E-state index in [1.54, 1.807) is 0 Å². The van der Waals surface area contributed by atoms with Gasteiger partial charge in [-0.15, -0.1) is 20.8 Å². The summed E-state index contributed by atoms with van der Waals surface area (Å²) in [5.41, 5.74) is 1.94. The maximum atomic E-state index is 12.5. The molecule has 120 valence electrons. The molecular formula is C19H21ClNOP. The van der Waals surface area contributed by atoms with Crippen LogP contribution in [0.5, 0.6) is 0 Å². The Kier molecular flexibility index (Phi) is 5.35. The topological polar surface area (TPSA) is 20.3 Å². The largest absolute Gasteiger partial charge is 0.339 e. The number of hydrogen-bond acceptors (Lipinski definition) is 1. The fraction of sp³-hybridized carbons (Fsp3) is 0.316. The molecule has 2 aromatic rings. The summed E-state index contributed by atoms with van der Waals surface area (Å²) < 4.78 is 0. The first kappa shape index (κ1) is 16.5. The Morgan fingerprint density at radius 1 is 1.04 bits per heavy atom. The molecule has 4 heteroatoms. The van der Waals surface area contributed by atoms with Crippen LogP contribution in [0, 0.1) is 5.92 Å². The van der Waals surface area contributed by atoms with Gasteiger partial charge in [-0.05, 0) is 41.8 Å². The first-order chi connectivity index (χ1) is 11.1. The highest BCUT2D eigenvalue weighted by atomic mass is 35.5. The molecule has 2 nitrogen and oxygen atoms in total. The van der Waals surface area contributed by atoms with E-state index in [-0.39, 0.29) is 11.3 Å². The summed E-state index contributed by atoms with van der Waals surface area (Å²) in [6.07, 6.45) is 1.91. The molecule has 1 saturated heterocycles. The summed E-state index contributed by atoms with van der Waals surface area (Å²) in [6.45, 7) is 1.56. The number of nitrogens with zero attached hydrogens (tertiary/aromatic N) is 1. The molecule has 2 atom stereocenters.